The maximum Gasteiger partial charge on any atom is 0.253 e. The summed E-state index contributed by atoms with van der Waals surface area (Å²) >= 11 is 11.8. The maximum atomic E-state index is 12.9. The van der Waals surface area contributed by atoms with Crippen molar-refractivity contribution >= 4 is 45.5 Å². The lowest BCUT2D eigenvalue weighted by atomic mass is 10.1. The molecule has 2 aromatic carbocycles. The Kier molecular flexibility index (Phi) is 5.93. The number of rotatable bonds is 5. The standard InChI is InChI=1S/C24H20ClN3O4S/c25-17-3-1-4-18(11-17)26-24(33)28(14-19-5-2-6-30-19)13-16-9-15-10-21-22(32-8-7-31-21)12-20(15)27-23(16)29/h1-6,9-12H,7-8,13-14H2,(H,26,33)(H,27,29). The SMILES string of the molecule is O=c1[nH]c2cc3c(cc2cc1CN(Cc1ccco1)C(=S)Nc1cccc(Cl)c1)OCCO3. The molecular weight excluding hydrogens is 462 g/mol. The number of hydrogen-bond acceptors (Lipinski definition) is 5. The van der Waals surface area contributed by atoms with E-state index in [9.17, 15) is 4.79 Å². The first kappa shape index (κ1) is 21.4. The van der Waals surface area contributed by atoms with E-state index in [1.54, 1.807) is 24.5 Å². The van der Waals surface area contributed by atoms with E-state index < -0.39 is 0 Å². The van der Waals surface area contributed by atoms with E-state index in [1.807, 2.05) is 41.3 Å². The fourth-order valence-electron chi connectivity index (χ4n) is 3.67. The molecule has 7 nitrogen and oxygen atoms in total. The Morgan fingerprint density at radius 3 is 2.64 bits per heavy atom. The topological polar surface area (TPSA) is 79.7 Å². The predicted molar refractivity (Wildman–Crippen MR) is 131 cm³/mol. The van der Waals surface area contributed by atoms with Gasteiger partial charge in [-0.15, -0.1) is 0 Å². The van der Waals surface area contributed by atoms with Gasteiger partial charge in [-0.05, 0) is 54.7 Å². The van der Waals surface area contributed by atoms with Crippen LogP contribution in [0.4, 0.5) is 5.69 Å². The summed E-state index contributed by atoms with van der Waals surface area (Å²) < 4.78 is 16.8. The van der Waals surface area contributed by atoms with Crippen molar-refractivity contribution in [2.75, 3.05) is 18.5 Å². The molecule has 168 valence electrons. The lowest BCUT2D eigenvalue weighted by Crippen LogP contribution is -2.35. The number of pyridine rings is 1. The van der Waals surface area contributed by atoms with Gasteiger partial charge < -0.3 is 29.1 Å². The van der Waals surface area contributed by atoms with Gasteiger partial charge in [0.15, 0.2) is 16.6 Å². The van der Waals surface area contributed by atoms with Crippen LogP contribution in [0, 0.1) is 0 Å². The number of ether oxygens (including phenoxy) is 2. The van der Waals surface area contributed by atoms with Crippen LogP contribution in [0.25, 0.3) is 10.9 Å². The van der Waals surface area contributed by atoms with Gasteiger partial charge in [0.2, 0.25) is 0 Å². The van der Waals surface area contributed by atoms with Crippen LogP contribution in [0.2, 0.25) is 5.02 Å². The number of fused-ring (bicyclic) bond motifs is 2. The van der Waals surface area contributed by atoms with Gasteiger partial charge >= 0.3 is 0 Å². The van der Waals surface area contributed by atoms with E-state index >= 15 is 0 Å². The van der Waals surface area contributed by atoms with Gasteiger partial charge in [-0.25, -0.2) is 0 Å². The number of halogens is 1. The number of hydrogen-bond donors (Lipinski definition) is 2. The number of H-pyrrole nitrogens is 1. The number of aromatic amines is 1. The molecule has 3 heterocycles. The smallest absolute Gasteiger partial charge is 0.253 e. The van der Waals surface area contributed by atoms with E-state index in [4.69, 9.17) is 37.7 Å². The average Bonchev–Trinajstić information content (AvgIpc) is 3.31. The van der Waals surface area contributed by atoms with Crippen molar-refractivity contribution in [3.8, 4) is 11.5 Å². The summed E-state index contributed by atoms with van der Waals surface area (Å²) in [5, 5.41) is 5.08. The Morgan fingerprint density at radius 1 is 1.06 bits per heavy atom. The van der Waals surface area contributed by atoms with Crippen LogP contribution in [-0.4, -0.2) is 28.2 Å². The van der Waals surface area contributed by atoms with Crippen molar-refractivity contribution in [3.05, 3.63) is 87.6 Å². The lowest BCUT2D eigenvalue weighted by Gasteiger charge is -2.25. The summed E-state index contributed by atoms with van der Waals surface area (Å²) in [5.41, 5.74) is 1.80. The van der Waals surface area contributed by atoms with Crippen molar-refractivity contribution in [1.29, 1.82) is 0 Å². The number of thiocarbonyl (C=S) groups is 1. The summed E-state index contributed by atoms with van der Waals surface area (Å²) in [6.45, 7) is 1.64. The van der Waals surface area contributed by atoms with Crippen LogP contribution in [0.1, 0.15) is 11.3 Å². The molecule has 0 radical (unpaired) electrons. The third-order valence-corrected chi connectivity index (χ3v) is 5.83. The first-order chi connectivity index (χ1) is 16.0. The zero-order chi connectivity index (χ0) is 22.8. The molecule has 0 fully saturated rings. The molecule has 9 heteroatoms. The molecule has 4 aromatic rings. The van der Waals surface area contributed by atoms with Crippen LogP contribution in [0.5, 0.6) is 11.5 Å². The molecule has 0 saturated heterocycles. The Bertz CT molecular complexity index is 1370. The normalized spacial score (nSPS) is 12.5. The highest BCUT2D eigenvalue weighted by atomic mass is 35.5. The molecule has 0 amide bonds. The van der Waals surface area contributed by atoms with Gasteiger partial charge in [0.05, 0.1) is 24.9 Å². The van der Waals surface area contributed by atoms with Gasteiger partial charge in [-0.1, -0.05) is 17.7 Å². The van der Waals surface area contributed by atoms with Crippen LogP contribution in [0.15, 0.2) is 70.1 Å². The summed E-state index contributed by atoms with van der Waals surface area (Å²) in [6, 6.07) is 16.5. The lowest BCUT2D eigenvalue weighted by molar-refractivity contribution is 0.172. The van der Waals surface area contributed by atoms with E-state index in [0.29, 0.717) is 52.5 Å². The molecule has 1 aliphatic rings. The molecule has 0 saturated carbocycles. The van der Waals surface area contributed by atoms with Gasteiger partial charge in [0, 0.05) is 27.7 Å². The minimum atomic E-state index is -0.200. The van der Waals surface area contributed by atoms with Crippen LogP contribution < -0.4 is 20.3 Å². The van der Waals surface area contributed by atoms with E-state index in [-0.39, 0.29) is 12.1 Å². The summed E-state index contributed by atoms with van der Waals surface area (Å²) in [6.07, 6.45) is 1.61. The van der Waals surface area contributed by atoms with Gasteiger partial charge in [0.1, 0.15) is 19.0 Å². The van der Waals surface area contributed by atoms with Crippen molar-refractivity contribution in [1.82, 2.24) is 9.88 Å². The third kappa shape index (κ3) is 4.81. The zero-order valence-corrected chi connectivity index (χ0v) is 19.0. The van der Waals surface area contributed by atoms with Crippen molar-refractivity contribution in [2.45, 2.75) is 13.1 Å². The monoisotopic (exact) mass is 481 g/mol. The molecule has 1 aliphatic heterocycles. The largest absolute Gasteiger partial charge is 0.486 e. The highest BCUT2D eigenvalue weighted by Crippen LogP contribution is 2.33. The average molecular weight is 482 g/mol. The second kappa shape index (κ2) is 9.17. The minimum absolute atomic E-state index is 0.200. The number of nitrogens with one attached hydrogen (secondary N) is 2. The van der Waals surface area contributed by atoms with E-state index in [0.717, 1.165) is 16.8 Å². The molecule has 2 N–H and O–H groups in total. The molecule has 33 heavy (non-hydrogen) atoms. The highest BCUT2D eigenvalue weighted by Gasteiger charge is 2.18. The zero-order valence-electron chi connectivity index (χ0n) is 17.5. The van der Waals surface area contributed by atoms with Crippen molar-refractivity contribution in [3.63, 3.8) is 0 Å². The van der Waals surface area contributed by atoms with E-state index in [2.05, 4.69) is 10.3 Å². The van der Waals surface area contributed by atoms with Gasteiger partial charge in [-0.2, -0.15) is 0 Å². The fraction of sp³-hybridized carbons (Fsp3) is 0.167. The Morgan fingerprint density at radius 2 is 1.88 bits per heavy atom. The Balaban J connectivity index is 1.45. The fourth-order valence-corrected chi connectivity index (χ4v) is 4.11. The van der Waals surface area contributed by atoms with E-state index in [1.165, 1.54) is 0 Å². The van der Waals surface area contributed by atoms with Crippen molar-refractivity contribution < 1.29 is 13.9 Å². The molecule has 2 aromatic heterocycles. The number of anilines is 1. The summed E-state index contributed by atoms with van der Waals surface area (Å²) in [7, 11) is 0. The Labute approximate surface area is 199 Å². The number of aromatic nitrogens is 1. The van der Waals surface area contributed by atoms with Gasteiger partial charge in [-0.3, -0.25) is 4.79 Å². The quantitative estimate of drug-likeness (QED) is 0.390. The van der Waals surface area contributed by atoms with Crippen molar-refractivity contribution in [2.24, 2.45) is 0 Å². The second-order valence-corrected chi connectivity index (χ2v) is 8.41. The molecule has 0 atom stereocenters. The summed E-state index contributed by atoms with van der Waals surface area (Å²) in [4.78, 5) is 17.7. The van der Waals surface area contributed by atoms with Crippen LogP contribution >= 0.6 is 23.8 Å². The van der Waals surface area contributed by atoms with Crippen LogP contribution in [-0.2, 0) is 13.1 Å². The molecule has 0 spiro atoms. The van der Waals surface area contributed by atoms with Crippen LogP contribution in [0.3, 0.4) is 0 Å². The molecule has 5 rings (SSSR count). The highest BCUT2D eigenvalue weighted by molar-refractivity contribution is 7.80. The molecule has 0 unspecified atom stereocenters. The molecule has 0 aliphatic carbocycles. The Hall–Kier alpha value is -3.49. The predicted octanol–water partition coefficient (Wildman–Crippen LogP) is 4.94. The molecular formula is C24H20ClN3O4S. The summed E-state index contributed by atoms with van der Waals surface area (Å²) in [5.74, 6) is 2.02. The number of furan rings is 1. The maximum absolute atomic E-state index is 12.9. The minimum Gasteiger partial charge on any atom is -0.486 e. The third-order valence-electron chi connectivity index (χ3n) is 5.24. The second-order valence-electron chi connectivity index (χ2n) is 7.58. The first-order valence-electron chi connectivity index (χ1n) is 10.3. The number of nitrogens with zero attached hydrogens (tertiary/aromatic N) is 1. The number of benzene rings is 2. The first-order valence-corrected chi connectivity index (χ1v) is 11.1. The molecule has 0 bridgehead atoms. The van der Waals surface area contributed by atoms with Gasteiger partial charge in [0.25, 0.3) is 5.56 Å².